The van der Waals surface area contributed by atoms with Gasteiger partial charge in [0.2, 0.25) is 5.91 Å². The molecular weight excluding hydrogens is 394 g/mol. The number of hydrogen-bond acceptors (Lipinski definition) is 4. The van der Waals surface area contributed by atoms with Crippen LogP contribution in [0.1, 0.15) is 35.2 Å². The zero-order chi connectivity index (χ0) is 21.8. The number of rotatable bonds is 2. The molecule has 0 saturated carbocycles. The SMILES string of the molecule is Cc1ccc2c(c1)C(=O)CC1(CCN(C(=O)Cn3c(=O)n(C)c4ccccc43)CC1)O2. The summed E-state index contributed by atoms with van der Waals surface area (Å²) in [5.41, 5.74) is 2.50. The van der Waals surface area contributed by atoms with Crippen LogP contribution in [0, 0.1) is 6.92 Å². The maximum absolute atomic E-state index is 13.0. The first-order valence-electron chi connectivity index (χ1n) is 10.6. The van der Waals surface area contributed by atoms with Crippen LogP contribution in [0.3, 0.4) is 0 Å². The van der Waals surface area contributed by atoms with E-state index in [1.165, 1.54) is 4.57 Å². The minimum Gasteiger partial charge on any atom is -0.486 e. The Morgan fingerprint density at radius 1 is 1.06 bits per heavy atom. The first-order valence-corrected chi connectivity index (χ1v) is 10.6. The van der Waals surface area contributed by atoms with Gasteiger partial charge in [-0.25, -0.2) is 4.79 Å². The van der Waals surface area contributed by atoms with Crippen LogP contribution < -0.4 is 10.4 Å². The molecule has 1 spiro atoms. The number of ether oxygens (including phenoxy) is 1. The number of amides is 1. The molecule has 160 valence electrons. The molecule has 2 aliphatic rings. The number of nitrogens with zero attached hydrogens (tertiary/aromatic N) is 3. The van der Waals surface area contributed by atoms with E-state index < -0.39 is 5.60 Å². The molecule has 1 fully saturated rings. The largest absolute Gasteiger partial charge is 0.486 e. The van der Waals surface area contributed by atoms with E-state index in [2.05, 4.69) is 0 Å². The molecule has 1 saturated heterocycles. The van der Waals surface area contributed by atoms with Crippen LogP contribution in [0.15, 0.2) is 47.3 Å². The molecule has 0 radical (unpaired) electrons. The molecule has 0 atom stereocenters. The van der Waals surface area contributed by atoms with Crippen molar-refractivity contribution in [1.82, 2.24) is 14.0 Å². The predicted molar refractivity (Wildman–Crippen MR) is 116 cm³/mol. The van der Waals surface area contributed by atoms with Gasteiger partial charge in [-0.2, -0.15) is 0 Å². The number of benzene rings is 2. The number of ketones is 1. The number of aryl methyl sites for hydroxylation is 2. The van der Waals surface area contributed by atoms with Gasteiger partial charge in [-0.1, -0.05) is 23.8 Å². The normalized spacial score (nSPS) is 17.6. The Morgan fingerprint density at radius 3 is 2.52 bits per heavy atom. The van der Waals surface area contributed by atoms with Crippen LogP contribution >= 0.6 is 0 Å². The van der Waals surface area contributed by atoms with Crippen LogP contribution in [-0.4, -0.2) is 44.4 Å². The van der Waals surface area contributed by atoms with Crippen molar-refractivity contribution in [2.45, 2.75) is 38.3 Å². The second-order valence-electron chi connectivity index (χ2n) is 8.68. The van der Waals surface area contributed by atoms with Gasteiger partial charge < -0.3 is 9.64 Å². The summed E-state index contributed by atoms with van der Waals surface area (Å²) in [6.45, 7) is 2.98. The fraction of sp³-hybridized carbons (Fsp3) is 0.375. The molecule has 0 aliphatic carbocycles. The third-order valence-electron chi connectivity index (χ3n) is 6.62. The highest BCUT2D eigenvalue weighted by Crippen LogP contribution is 2.39. The number of fused-ring (bicyclic) bond motifs is 2. The second-order valence-corrected chi connectivity index (χ2v) is 8.68. The van der Waals surface area contributed by atoms with E-state index in [1.54, 1.807) is 16.5 Å². The van der Waals surface area contributed by atoms with Gasteiger partial charge in [-0.05, 0) is 31.2 Å². The van der Waals surface area contributed by atoms with Crippen LogP contribution in [-0.2, 0) is 18.4 Å². The maximum Gasteiger partial charge on any atom is 0.329 e. The monoisotopic (exact) mass is 419 g/mol. The van der Waals surface area contributed by atoms with E-state index in [4.69, 9.17) is 4.74 Å². The van der Waals surface area contributed by atoms with E-state index in [0.717, 1.165) is 16.6 Å². The minimum absolute atomic E-state index is 0.00901. The number of carbonyl (C=O) groups excluding carboxylic acids is 2. The Morgan fingerprint density at radius 2 is 1.77 bits per heavy atom. The van der Waals surface area contributed by atoms with Gasteiger partial charge in [-0.15, -0.1) is 0 Å². The highest BCUT2D eigenvalue weighted by Gasteiger charge is 2.43. The Bertz CT molecular complexity index is 1260. The van der Waals surface area contributed by atoms with Crippen molar-refractivity contribution >= 4 is 22.7 Å². The number of likely N-dealkylation sites (tertiary alicyclic amines) is 1. The number of imidazole rings is 1. The quantitative estimate of drug-likeness (QED) is 0.640. The zero-order valence-corrected chi connectivity index (χ0v) is 17.8. The van der Waals surface area contributed by atoms with E-state index in [-0.39, 0.29) is 23.9 Å². The number of hydrogen-bond donors (Lipinski definition) is 0. The molecule has 5 rings (SSSR count). The number of piperidine rings is 1. The summed E-state index contributed by atoms with van der Waals surface area (Å²) in [4.78, 5) is 40.1. The third-order valence-corrected chi connectivity index (χ3v) is 6.62. The summed E-state index contributed by atoms with van der Waals surface area (Å²) < 4.78 is 9.39. The number of carbonyl (C=O) groups is 2. The van der Waals surface area contributed by atoms with Crippen molar-refractivity contribution in [3.63, 3.8) is 0 Å². The number of para-hydroxylation sites is 2. The molecule has 2 aliphatic heterocycles. The van der Waals surface area contributed by atoms with Gasteiger partial charge in [0.25, 0.3) is 0 Å². The van der Waals surface area contributed by atoms with Gasteiger partial charge in [-0.3, -0.25) is 18.7 Å². The topological polar surface area (TPSA) is 73.5 Å². The van der Waals surface area contributed by atoms with Crippen molar-refractivity contribution in [3.8, 4) is 5.75 Å². The van der Waals surface area contributed by atoms with E-state index >= 15 is 0 Å². The Balaban J connectivity index is 1.31. The molecule has 7 heteroatoms. The maximum atomic E-state index is 13.0. The number of Topliss-reactive ketones (excluding diaryl/α,β-unsaturated/α-hetero) is 1. The summed E-state index contributed by atoms with van der Waals surface area (Å²) in [5.74, 6) is 0.655. The Hall–Kier alpha value is -3.35. The smallest absolute Gasteiger partial charge is 0.329 e. The standard InChI is InChI=1S/C24H25N3O4/c1-16-7-8-21-17(13-16)20(28)14-24(31-21)9-11-26(12-10-24)22(29)15-27-19-6-4-3-5-18(19)25(2)23(27)30/h3-8,13H,9-12,14-15H2,1-2H3. The van der Waals surface area contributed by atoms with Gasteiger partial charge in [0.05, 0.1) is 23.0 Å². The fourth-order valence-electron chi connectivity index (χ4n) is 4.80. The highest BCUT2D eigenvalue weighted by molar-refractivity contribution is 6.00. The second kappa shape index (κ2) is 7.11. The van der Waals surface area contributed by atoms with Gasteiger partial charge in [0.15, 0.2) is 5.78 Å². The third kappa shape index (κ3) is 3.24. The molecule has 0 unspecified atom stereocenters. The lowest BCUT2D eigenvalue weighted by atomic mass is 9.82. The Labute approximate surface area is 179 Å². The van der Waals surface area contributed by atoms with Crippen molar-refractivity contribution in [1.29, 1.82) is 0 Å². The summed E-state index contributed by atoms with van der Waals surface area (Å²) >= 11 is 0. The number of aromatic nitrogens is 2. The molecule has 2 aromatic carbocycles. The summed E-state index contributed by atoms with van der Waals surface area (Å²) in [6, 6.07) is 13.2. The average Bonchev–Trinajstić information content (AvgIpc) is 3.00. The first kappa shape index (κ1) is 19.6. The molecule has 1 aromatic heterocycles. The van der Waals surface area contributed by atoms with Gasteiger partial charge in [0, 0.05) is 33.0 Å². The lowest BCUT2D eigenvalue weighted by Crippen LogP contribution is -2.53. The zero-order valence-electron chi connectivity index (χ0n) is 17.8. The minimum atomic E-state index is -0.549. The highest BCUT2D eigenvalue weighted by atomic mass is 16.5. The average molecular weight is 419 g/mol. The van der Waals surface area contributed by atoms with Crippen molar-refractivity contribution in [2.75, 3.05) is 13.1 Å². The van der Waals surface area contributed by atoms with Crippen LogP contribution in [0.4, 0.5) is 0 Å². The van der Waals surface area contributed by atoms with Gasteiger partial charge >= 0.3 is 5.69 Å². The lowest BCUT2D eigenvalue weighted by molar-refractivity contribution is -0.135. The fourth-order valence-corrected chi connectivity index (χ4v) is 4.80. The predicted octanol–water partition coefficient (Wildman–Crippen LogP) is 2.68. The lowest BCUT2D eigenvalue weighted by Gasteiger charge is -2.44. The molecule has 31 heavy (non-hydrogen) atoms. The molecule has 0 N–H and O–H groups in total. The molecule has 3 aromatic rings. The van der Waals surface area contributed by atoms with Crippen LogP contribution in [0.25, 0.3) is 11.0 Å². The Kier molecular flexibility index (Phi) is 4.50. The van der Waals surface area contributed by atoms with Crippen molar-refractivity contribution in [2.24, 2.45) is 7.05 Å². The van der Waals surface area contributed by atoms with Crippen molar-refractivity contribution < 1.29 is 14.3 Å². The van der Waals surface area contributed by atoms with Crippen LogP contribution in [0.2, 0.25) is 0 Å². The first-order chi connectivity index (χ1) is 14.9. The molecular formula is C24H25N3O4. The summed E-state index contributed by atoms with van der Waals surface area (Å²) in [7, 11) is 1.72. The summed E-state index contributed by atoms with van der Waals surface area (Å²) in [5, 5.41) is 0. The summed E-state index contributed by atoms with van der Waals surface area (Å²) in [6.07, 6.45) is 1.54. The van der Waals surface area contributed by atoms with Crippen LogP contribution in [0.5, 0.6) is 5.75 Å². The van der Waals surface area contributed by atoms with E-state index in [1.807, 2.05) is 49.4 Å². The molecule has 3 heterocycles. The van der Waals surface area contributed by atoms with Gasteiger partial charge in [0.1, 0.15) is 17.9 Å². The van der Waals surface area contributed by atoms with E-state index in [0.29, 0.717) is 43.7 Å². The van der Waals surface area contributed by atoms with E-state index in [9.17, 15) is 14.4 Å². The molecule has 1 amide bonds. The van der Waals surface area contributed by atoms with Crippen molar-refractivity contribution in [3.05, 3.63) is 64.1 Å². The molecule has 7 nitrogen and oxygen atoms in total. The molecule has 0 bridgehead atoms.